The summed E-state index contributed by atoms with van der Waals surface area (Å²) in [5.41, 5.74) is 3.21. The normalized spacial score (nSPS) is 14.2. The lowest BCUT2D eigenvalue weighted by Crippen LogP contribution is -2.50. The first kappa shape index (κ1) is 22.8. The monoisotopic (exact) mass is 449 g/mol. The number of nitrogens with zero attached hydrogens (tertiary/aromatic N) is 5. The number of ether oxygens (including phenoxy) is 1. The fourth-order valence-corrected chi connectivity index (χ4v) is 4.19. The zero-order valence-electron chi connectivity index (χ0n) is 19.7. The lowest BCUT2D eigenvalue weighted by atomic mass is 10.1. The summed E-state index contributed by atoms with van der Waals surface area (Å²) in [6, 6.07) is 9.88. The van der Waals surface area contributed by atoms with Crippen LogP contribution in [0.1, 0.15) is 47.9 Å². The van der Waals surface area contributed by atoms with Crippen molar-refractivity contribution in [3.8, 4) is 5.75 Å². The van der Waals surface area contributed by atoms with E-state index in [-0.39, 0.29) is 17.9 Å². The molecule has 1 aromatic carbocycles. The highest BCUT2D eigenvalue weighted by Crippen LogP contribution is 2.21. The van der Waals surface area contributed by atoms with Gasteiger partial charge in [-0.1, -0.05) is 12.1 Å². The van der Waals surface area contributed by atoms with Crippen LogP contribution in [0.25, 0.3) is 11.0 Å². The molecule has 0 N–H and O–H groups in total. The first-order valence-corrected chi connectivity index (χ1v) is 11.4. The van der Waals surface area contributed by atoms with E-state index in [2.05, 4.69) is 23.9 Å². The highest BCUT2D eigenvalue weighted by molar-refractivity contribution is 5.98. The Kier molecular flexibility index (Phi) is 6.62. The minimum absolute atomic E-state index is 0.0375. The molecule has 1 aliphatic heterocycles. The summed E-state index contributed by atoms with van der Waals surface area (Å²) in [5.74, 6) is 0.895. The molecule has 2 aromatic heterocycles. The van der Waals surface area contributed by atoms with Crippen molar-refractivity contribution in [2.75, 3.05) is 33.3 Å². The number of pyridine rings is 1. The van der Waals surface area contributed by atoms with Gasteiger partial charge in [0.1, 0.15) is 5.75 Å². The van der Waals surface area contributed by atoms with E-state index < -0.39 is 0 Å². The summed E-state index contributed by atoms with van der Waals surface area (Å²) in [6.45, 7) is 8.12. The van der Waals surface area contributed by atoms with E-state index in [4.69, 9.17) is 4.74 Å². The summed E-state index contributed by atoms with van der Waals surface area (Å²) in [4.78, 5) is 34.2. The molecular formula is C25H31N5O3. The van der Waals surface area contributed by atoms with Gasteiger partial charge in [-0.25, -0.2) is 9.67 Å². The Morgan fingerprint density at radius 2 is 1.73 bits per heavy atom. The molecule has 3 aromatic rings. The first-order valence-electron chi connectivity index (χ1n) is 11.4. The first-order chi connectivity index (χ1) is 15.9. The Morgan fingerprint density at radius 1 is 1.06 bits per heavy atom. The SMILES string of the molecule is COc1ccc(CCC(=O)N2CCN(C(=O)c3cc4cnn(C(C)C)c4nc3C)CC2)cc1. The van der Waals surface area contributed by atoms with Crippen LogP contribution in [-0.4, -0.2) is 69.7 Å². The molecule has 8 nitrogen and oxygen atoms in total. The van der Waals surface area contributed by atoms with Crippen molar-refractivity contribution in [3.63, 3.8) is 0 Å². The summed E-state index contributed by atoms with van der Waals surface area (Å²) >= 11 is 0. The van der Waals surface area contributed by atoms with E-state index in [1.54, 1.807) is 13.3 Å². The molecule has 3 heterocycles. The zero-order chi connectivity index (χ0) is 23.5. The van der Waals surface area contributed by atoms with Crippen LogP contribution in [0.2, 0.25) is 0 Å². The number of piperazine rings is 1. The number of methoxy groups -OCH3 is 1. The van der Waals surface area contributed by atoms with Gasteiger partial charge in [-0.2, -0.15) is 5.10 Å². The minimum Gasteiger partial charge on any atom is -0.497 e. The molecule has 0 radical (unpaired) electrons. The van der Waals surface area contributed by atoms with Gasteiger partial charge < -0.3 is 14.5 Å². The topological polar surface area (TPSA) is 80.6 Å². The Hall–Kier alpha value is -3.42. The van der Waals surface area contributed by atoms with Crippen LogP contribution in [0.4, 0.5) is 0 Å². The molecule has 0 saturated carbocycles. The second-order valence-electron chi connectivity index (χ2n) is 8.74. The fourth-order valence-electron chi connectivity index (χ4n) is 4.19. The molecule has 1 saturated heterocycles. The Labute approximate surface area is 194 Å². The predicted octanol–water partition coefficient (Wildman–Crippen LogP) is 3.25. The van der Waals surface area contributed by atoms with Gasteiger partial charge >= 0.3 is 0 Å². The summed E-state index contributed by atoms with van der Waals surface area (Å²) in [7, 11) is 1.64. The van der Waals surface area contributed by atoms with Crippen molar-refractivity contribution in [2.24, 2.45) is 0 Å². The predicted molar refractivity (Wildman–Crippen MR) is 126 cm³/mol. The van der Waals surface area contributed by atoms with Gasteiger partial charge in [0.05, 0.1) is 24.6 Å². The smallest absolute Gasteiger partial charge is 0.255 e. The average molecular weight is 450 g/mol. The third-order valence-corrected chi connectivity index (χ3v) is 6.19. The van der Waals surface area contributed by atoms with E-state index in [0.717, 1.165) is 22.3 Å². The van der Waals surface area contributed by atoms with Gasteiger partial charge in [0.15, 0.2) is 5.65 Å². The lowest BCUT2D eigenvalue weighted by molar-refractivity contribution is -0.132. The third kappa shape index (κ3) is 4.84. The Bertz CT molecular complexity index is 1140. The number of amides is 2. The Balaban J connectivity index is 1.34. The van der Waals surface area contributed by atoms with Gasteiger partial charge in [0.2, 0.25) is 5.91 Å². The maximum absolute atomic E-state index is 13.2. The molecule has 0 bridgehead atoms. The zero-order valence-corrected chi connectivity index (χ0v) is 19.7. The molecule has 8 heteroatoms. The molecule has 0 atom stereocenters. The van der Waals surface area contributed by atoms with E-state index in [0.29, 0.717) is 50.3 Å². The van der Waals surface area contributed by atoms with Crippen LogP contribution in [-0.2, 0) is 11.2 Å². The van der Waals surface area contributed by atoms with Crippen molar-refractivity contribution < 1.29 is 14.3 Å². The van der Waals surface area contributed by atoms with E-state index in [9.17, 15) is 9.59 Å². The quantitative estimate of drug-likeness (QED) is 0.577. The maximum Gasteiger partial charge on any atom is 0.255 e. The largest absolute Gasteiger partial charge is 0.497 e. The lowest BCUT2D eigenvalue weighted by Gasteiger charge is -2.35. The number of carbonyl (C=O) groups is 2. The number of fused-ring (bicyclic) bond motifs is 1. The van der Waals surface area contributed by atoms with Gasteiger partial charge in [-0.15, -0.1) is 0 Å². The Morgan fingerprint density at radius 3 is 2.36 bits per heavy atom. The van der Waals surface area contributed by atoms with Gasteiger partial charge in [0.25, 0.3) is 5.91 Å². The van der Waals surface area contributed by atoms with E-state index in [1.165, 1.54) is 0 Å². The van der Waals surface area contributed by atoms with E-state index in [1.807, 2.05) is 51.7 Å². The number of benzene rings is 1. The van der Waals surface area contributed by atoms with Crippen LogP contribution >= 0.6 is 0 Å². The van der Waals surface area contributed by atoms with Crippen molar-refractivity contribution in [3.05, 3.63) is 53.3 Å². The third-order valence-electron chi connectivity index (χ3n) is 6.19. The molecular weight excluding hydrogens is 418 g/mol. The van der Waals surface area contributed by atoms with Crippen LogP contribution in [0.3, 0.4) is 0 Å². The molecule has 0 spiro atoms. The number of rotatable bonds is 6. The van der Waals surface area contributed by atoms with Gasteiger partial charge in [-0.05, 0) is 51.0 Å². The summed E-state index contributed by atoms with van der Waals surface area (Å²) in [5, 5.41) is 5.27. The second-order valence-corrected chi connectivity index (χ2v) is 8.74. The van der Waals surface area contributed by atoms with Crippen molar-refractivity contribution in [1.29, 1.82) is 0 Å². The van der Waals surface area contributed by atoms with Crippen LogP contribution in [0, 0.1) is 6.92 Å². The molecule has 33 heavy (non-hydrogen) atoms. The van der Waals surface area contributed by atoms with Gasteiger partial charge in [0, 0.05) is 44.0 Å². The van der Waals surface area contributed by atoms with Crippen molar-refractivity contribution in [1.82, 2.24) is 24.6 Å². The van der Waals surface area contributed by atoms with Crippen LogP contribution in [0.5, 0.6) is 5.75 Å². The second kappa shape index (κ2) is 9.60. The van der Waals surface area contributed by atoms with Crippen molar-refractivity contribution in [2.45, 2.75) is 39.7 Å². The van der Waals surface area contributed by atoms with Crippen LogP contribution < -0.4 is 4.74 Å². The molecule has 1 aliphatic rings. The van der Waals surface area contributed by atoms with E-state index >= 15 is 0 Å². The molecule has 4 rings (SSSR count). The fraction of sp³-hybridized carbons (Fsp3) is 0.440. The van der Waals surface area contributed by atoms with Gasteiger partial charge in [-0.3, -0.25) is 9.59 Å². The molecule has 0 aliphatic carbocycles. The number of aromatic nitrogens is 3. The van der Waals surface area contributed by atoms with Crippen LogP contribution in [0.15, 0.2) is 36.5 Å². The standard InChI is InChI=1S/C25H31N5O3/c1-17(2)30-24-20(16-26-30)15-22(18(3)27-24)25(32)29-13-11-28(12-14-29)23(31)10-7-19-5-8-21(33-4)9-6-19/h5-6,8-9,15-17H,7,10-14H2,1-4H3. The molecule has 2 amide bonds. The summed E-state index contributed by atoms with van der Waals surface area (Å²) in [6.07, 6.45) is 2.91. The highest BCUT2D eigenvalue weighted by Gasteiger charge is 2.26. The maximum atomic E-state index is 13.2. The van der Waals surface area contributed by atoms with Crippen molar-refractivity contribution >= 4 is 22.8 Å². The number of aryl methyl sites for hydroxylation is 2. The highest BCUT2D eigenvalue weighted by atomic mass is 16.5. The number of hydrogen-bond donors (Lipinski definition) is 0. The average Bonchev–Trinajstić information content (AvgIpc) is 3.25. The number of hydrogen-bond acceptors (Lipinski definition) is 5. The number of carbonyl (C=O) groups excluding carboxylic acids is 2. The molecule has 0 unspecified atom stereocenters. The molecule has 1 fully saturated rings. The summed E-state index contributed by atoms with van der Waals surface area (Å²) < 4.78 is 7.04. The minimum atomic E-state index is -0.0375. The molecule has 174 valence electrons.